The number of benzene rings is 1. The Bertz CT molecular complexity index is 953. The number of aromatic nitrogens is 2. The first-order valence-electron chi connectivity index (χ1n) is 7.52. The molecule has 0 spiro atoms. The summed E-state index contributed by atoms with van der Waals surface area (Å²) in [5.41, 5.74) is 3.21. The van der Waals surface area contributed by atoms with Gasteiger partial charge in [-0.3, -0.25) is 9.80 Å². The van der Waals surface area contributed by atoms with Gasteiger partial charge in [0.25, 0.3) is 5.91 Å². The van der Waals surface area contributed by atoms with Crippen molar-refractivity contribution in [1.29, 1.82) is 0 Å². The molecule has 0 saturated carbocycles. The van der Waals surface area contributed by atoms with Crippen LogP contribution >= 0.6 is 23.2 Å². The molecule has 0 N–H and O–H groups in total. The normalized spacial score (nSPS) is 14.1. The van der Waals surface area contributed by atoms with Gasteiger partial charge in [-0.25, -0.2) is 9.52 Å². The number of fused-ring (bicyclic) bond motifs is 2. The van der Waals surface area contributed by atoms with Crippen LogP contribution in [0.3, 0.4) is 0 Å². The summed E-state index contributed by atoms with van der Waals surface area (Å²) < 4.78 is 1.62. The van der Waals surface area contributed by atoms with Crippen LogP contribution in [-0.2, 0) is 6.42 Å². The van der Waals surface area contributed by atoms with Crippen molar-refractivity contribution in [2.75, 3.05) is 18.6 Å². The average molecular weight is 361 g/mol. The van der Waals surface area contributed by atoms with Crippen molar-refractivity contribution in [3.05, 3.63) is 63.9 Å². The molecule has 0 bridgehead atoms. The Kier molecular flexibility index (Phi) is 3.62. The van der Waals surface area contributed by atoms with Crippen LogP contribution in [0.4, 0.5) is 5.69 Å². The highest BCUT2D eigenvalue weighted by Gasteiger charge is 2.28. The molecule has 1 aliphatic heterocycles. The molecule has 7 heteroatoms. The lowest BCUT2D eigenvalue weighted by Gasteiger charge is -2.38. The fraction of sp³-hybridized carbons (Fsp3) is 0.176. The Labute approximate surface area is 149 Å². The molecule has 0 unspecified atom stereocenters. The number of rotatable bonds is 1. The summed E-state index contributed by atoms with van der Waals surface area (Å²) in [5.74, 6) is -0.150. The van der Waals surface area contributed by atoms with Gasteiger partial charge in [-0.15, -0.1) is 0 Å². The topological polar surface area (TPSA) is 40.9 Å². The van der Waals surface area contributed by atoms with Crippen LogP contribution in [0.25, 0.3) is 5.52 Å². The third-order valence-corrected chi connectivity index (χ3v) is 4.83. The van der Waals surface area contributed by atoms with Crippen LogP contribution in [0.5, 0.6) is 0 Å². The molecular weight excluding hydrogens is 347 g/mol. The van der Waals surface area contributed by atoms with Gasteiger partial charge in [0, 0.05) is 24.8 Å². The Hall–Kier alpha value is -2.24. The van der Waals surface area contributed by atoms with E-state index in [1.54, 1.807) is 27.9 Å². The fourth-order valence-corrected chi connectivity index (χ4v) is 3.45. The van der Waals surface area contributed by atoms with Gasteiger partial charge in [-0.05, 0) is 42.3 Å². The highest BCUT2D eigenvalue weighted by Crippen LogP contribution is 2.32. The Morgan fingerprint density at radius 2 is 2.04 bits per heavy atom. The van der Waals surface area contributed by atoms with E-state index in [-0.39, 0.29) is 5.91 Å². The lowest BCUT2D eigenvalue weighted by Crippen LogP contribution is -2.48. The van der Waals surface area contributed by atoms with E-state index in [1.807, 2.05) is 36.3 Å². The van der Waals surface area contributed by atoms with Gasteiger partial charge in [0.1, 0.15) is 0 Å². The molecule has 0 fully saturated rings. The minimum atomic E-state index is -0.150. The minimum absolute atomic E-state index is 0.150. The Balaban J connectivity index is 1.69. The third-order valence-electron chi connectivity index (χ3n) is 4.26. The van der Waals surface area contributed by atoms with E-state index in [4.69, 9.17) is 23.2 Å². The van der Waals surface area contributed by atoms with Crippen LogP contribution in [0.1, 0.15) is 16.1 Å². The molecule has 1 amide bonds. The largest absolute Gasteiger partial charge is 0.292 e. The van der Waals surface area contributed by atoms with Crippen molar-refractivity contribution in [2.24, 2.45) is 0 Å². The van der Waals surface area contributed by atoms with Gasteiger partial charge >= 0.3 is 0 Å². The number of amides is 1. The van der Waals surface area contributed by atoms with Gasteiger partial charge < -0.3 is 0 Å². The second kappa shape index (κ2) is 5.69. The van der Waals surface area contributed by atoms with Crippen LogP contribution < -0.4 is 5.01 Å². The number of nitrogens with zero attached hydrogens (tertiary/aromatic N) is 4. The first kappa shape index (κ1) is 15.3. The summed E-state index contributed by atoms with van der Waals surface area (Å²) in [6, 6.07) is 11.1. The summed E-state index contributed by atoms with van der Waals surface area (Å²) in [6.45, 7) is 0.556. The van der Waals surface area contributed by atoms with Gasteiger partial charge in [0.15, 0.2) is 5.69 Å². The number of carbonyl (C=O) groups is 1. The zero-order valence-electron chi connectivity index (χ0n) is 12.9. The van der Waals surface area contributed by atoms with Crippen LogP contribution in [-0.4, -0.2) is 34.1 Å². The number of pyridine rings is 1. The first-order chi connectivity index (χ1) is 11.5. The third kappa shape index (κ3) is 2.41. The highest BCUT2D eigenvalue weighted by molar-refractivity contribution is 6.31. The molecular formula is C17H14Cl2N4O. The van der Waals surface area contributed by atoms with Crippen molar-refractivity contribution in [3.8, 4) is 0 Å². The zero-order chi connectivity index (χ0) is 16.8. The van der Waals surface area contributed by atoms with E-state index < -0.39 is 0 Å². The number of hydrogen-bond donors (Lipinski definition) is 0. The molecule has 1 aromatic carbocycles. The molecule has 0 aliphatic carbocycles. The molecule has 2 aromatic heterocycles. The molecule has 3 aromatic rings. The van der Waals surface area contributed by atoms with E-state index in [9.17, 15) is 4.79 Å². The summed E-state index contributed by atoms with van der Waals surface area (Å²) in [7, 11) is 1.86. The highest BCUT2D eigenvalue weighted by atomic mass is 35.5. The predicted molar refractivity (Wildman–Crippen MR) is 94.8 cm³/mol. The average Bonchev–Trinajstić information content (AvgIpc) is 2.98. The fourth-order valence-electron chi connectivity index (χ4n) is 3.03. The smallest absolute Gasteiger partial charge is 0.285 e. The van der Waals surface area contributed by atoms with Crippen molar-refractivity contribution < 1.29 is 4.79 Å². The number of anilines is 1. The summed E-state index contributed by atoms with van der Waals surface area (Å²) in [6.07, 6.45) is 2.40. The zero-order valence-corrected chi connectivity index (χ0v) is 14.4. The molecule has 0 radical (unpaired) electrons. The number of hydrazine groups is 1. The van der Waals surface area contributed by atoms with Gasteiger partial charge in [-0.1, -0.05) is 29.3 Å². The molecule has 4 rings (SSSR count). The standard InChI is InChI=1S/C17H14Cl2N4O/c1-21-16-4-2-3-14(19)13(16)7-8-23(21)17(24)15-9-12-6-5-11(18)10-22(12)20-15/h2-6,9-10H,7-8H2,1H3. The van der Waals surface area contributed by atoms with Crippen molar-refractivity contribution >= 4 is 40.3 Å². The monoisotopic (exact) mass is 360 g/mol. The minimum Gasteiger partial charge on any atom is -0.285 e. The van der Waals surface area contributed by atoms with Crippen LogP contribution in [0.15, 0.2) is 42.6 Å². The SMILES string of the molecule is CN1c2cccc(Cl)c2CCN1C(=O)c1cc2ccc(Cl)cn2n1. The maximum atomic E-state index is 12.9. The van der Waals surface area contributed by atoms with E-state index in [0.717, 1.165) is 21.8 Å². The van der Waals surface area contributed by atoms with Gasteiger partial charge in [0.05, 0.1) is 16.2 Å². The molecule has 24 heavy (non-hydrogen) atoms. The number of hydrogen-bond acceptors (Lipinski definition) is 3. The Morgan fingerprint density at radius 3 is 2.88 bits per heavy atom. The van der Waals surface area contributed by atoms with E-state index in [1.165, 1.54) is 0 Å². The quantitative estimate of drug-likeness (QED) is 0.664. The molecule has 122 valence electrons. The molecule has 5 nitrogen and oxygen atoms in total. The van der Waals surface area contributed by atoms with Crippen LogP contribution in [0, 0.1) is 0 Å². The lowest BCUT2D eigenvalue weighted by atomic mass is 10.1. The van der Waals surface area contributed by atoms with Crippen LogP contribution in [0.2, 0.25) is 10.0 Å². The predicted octanol–water partition coefficient (Wildman–Crippen LogP) is 3.69. The maximum absolute atomic E-state index is 12.9. The summed E-state index contributed by atoms with van der Waals surface area (Å²) in [5, 5.41) is 9.17. The summed E-state index contributed by atoms with van der Waals surface area (Å²) >= 11 is 12.2. The summed E-state index contributed by atoms with van der Waals surface area (Å²) in [4.78, 5) is 12.9. The number of halogens is 2. The lowest BCUT2D eigenvalue weighted by molar-refractivity contribution is 0.0732. The van der Waals surface area contributed by atoms with Crippen molar-refractivity contribution in [2.45, 2.75) is 6.42 Å². The van der Waals surface area contributed by atoms with Crippen molar-refractivity contribution in [3.63, 3.8) is 0 Å². The maximum Gasteiger partial charge on any atom is 0.292 e. The first-order valence-corrected chi connectivity index (χ1v) is 8.28. The van der Waals surface area contributed by atoms with Gasteiger partial charge in [0.2, 0.25) is 0 Å². The molecule has 3 heterocycles. The second-order valence-corrected chi connectivity index (χ2v) is 6.53. The van der Waals surface area contributed by atoms with Crippen molar-refractivity contribution in [1.82, 2.24) is 14.6 Å². The molecule has 0 atom stereocenters. The van der Waals surface area contributed by atoms with E-state index >= 15 is 0 Å². The van der Waals surface area contributed by atoms with E-state index in [2.05, 4.69) is 5.10 Å². The van der Waals surface area contributed by atoms with E-state index in [0.29, 0.717) is 23.7 Å². The second-order valence-electron chi connectivity index (χ2n) is 5.69. The number of carbonyl (C=O) groups excluding carboxylic acids is 1. The van der Waals surface area contributed by atoms with Gasteiger partial charge in [-0.2, -0.15) is 5.10 Å². The molecule has 0 saturated heterocycles. The Morgan fingerprint density at radius 1 is 1.21 bits per heavy atom. The molecule has 1 aliphatic rings.